The number of ether oxygens (including phenoxy) is 12. The van der Waals surface area contributed by atoms with E-state index in [9.17, 15) is 97.0 Å². The highest BCUT2D eigenvalue weighted by Gasteiger charge is 2.74. The number of carbonyl (C=O) groups excluding carboxylic acids is 1. The lowest BCUT2D eigenvalue weighted by Crippen LogP contribution is -2.72. The first-order chi connectivity index (χ1) is 44.5. The lowest BCUT2D eigenvalue weighted by molar-refractivity contribution is -0.372. The Morgan fingerprint density at radius 3 is 1.81 bits per heavy atom. The van der Waals surface area contributed by atoms with Crippen LogP contribution in [0.5, 0.6) is 0 Å². The van der Waals surface area contributed by atoms with Gasteiger partial charge < -0.3 is 154 Å². The van der Waals surface area contributed by atoms with Crippen LogP contribution in [0.2, 0.25) is 0 Å². The van der Waals surface area contributed by atoms with Crippen LogP contribution in [0, 0.1) is 50.2 Å². The van der Waals surface area contributed by atoms with Crippen molar-refractivity contribution in [2.45, 2.75) is 277 Å². The van der Waals surface area contributed by atoms with Gasteiger partial charge in [0.25, 0.3) is 0 Å². The number of aliphatic hydroxyl groups is 19. The van der Waals surface area contributed by atoms with Gasteiger partial charge in [-0.1, -0.05) is 53.2 Å². The van der Waals surface area contributed by atoms with Crippen LogP contribution in [-0.4, -0.2) is 327 Å². The molecule has 11 rings (SSSR count). The molecule has 5 aliphatic carbocycles. The molecule has 32 heteroatoms. The predicted octanol–water partition coefficient (Wildman–Crippen LogP) is -6.53. The summed E-state index contributed by atoms with van der Waals surface area (Å²) in [4.78, 5) is 15.5. The van der Waals surface area contributed by atoms with Gasteiger partial charge in [-0.25, -0.2) is 0 Å². The minimum absolute atomic E-state index is 0.0199. The van der Waals surface area contributed by atoms with Crippen molar-refractivity contribution in [3.05, 3.63) is 11.6 Å². The molecule has 546 valence electrons. The van der Waals surface area contributed by atoms with E-state index in [0.717, 1.165) is 5.57 Å². The third-order valence-electron chi connectivity index (χ3n) is 24.5. The van der Waals surface area contributed by atoms with Gasteiger partial charge in [-0.2, -0.15) is 0 Å². The molecule has 0 aromatic heterocycles. The highest BCUT2D eigenvalue weighted by Crippen LogP contribution is 2.76. The zero-order chi connectivity index (χ0) is 69.4. The summed E-state index contributed by atoms with van der Waals surface area (Å²) in [6.07, 6.45) is -41.1. The smallest absolute Gasteiger partial charge is 0.315 e. The quantitative estimate of drug-likeness (QED) is 0.0388. The highest BCUT2D eigenvalue weighted by molar-refractivity contribution is 5.79. The van der Waals surface area contributed by atoms with Gasteiger partial charge in [-0.15, -0.1) is 0 Å². The van der Waals surface area contributed by atoms with Gasteiger partial charge in [0.05, 0.1) is 76.1 Å². The molecule has 19 N–H and O–H groups in total. The maximum Gasteiger partial charge on any atom is 0.315 e. The Kier molecular flexibility index (Phi) is 21.3. The van der Waals surface area contributed by atoms with Crippen molar-refractivity contribution in [1.29, 1.82) is 0 Å². The first-order valence-corrected chi connectivity index (χ1v) is 33.2. The molecular formula is C63H102O32. The molecule has 6 heterocycles. The number of esters is 1. The summed E-state index contributed by atoms with van der Waals surface area (Å²) in [6.45, 7) is 9.20. The van der Waals surface area contributed by atoms with E-state index in [0.29, 0.717) is 32.1 Å². The highest BCUT2D eigenvalue weighted by atomic mass is 16.8. The molecule has 0 bridgehead atoms. The Morgan fingerprint density at radius 2 is 1.15 bits per heavy atom. The normalized spacial score (nSPS) is 55.5. The summed E-state index contributed by atoms with van der Waals surface area (Å²) in [7, 11) is 0. The number of hydrogen-bond acceptors (Lipinski definition) is 32. The Hall–Kier alpha value is -1.99. The molecule has 32 nitrogen and oxygen atoms in total. The molecule has 11 aliphatic rings. The zero-order valence-corrected chi connectivity index (χ0v) is 54.4. The fraction of sp³-hybridized carbons (Fsp3) is 0.952. The molecule has 0 radical (unpaired) electrons. The first kappa shape index (κ1) is 74.2. The Morgan fingerprint density at radius 1 is 0.547 bits per heavy atom. The summed E-state index contributed by atoms with van der Waals surface area (Å²) in [5.74, 6) is -2.16. The first-order valence-electron chi connectivity index (χ1n) is 33.2. The topological polar surface area (TPSA) is 512 Å². The van der Waals surface area contributed by atoms with Crippen LogP contribution < -0.4 is 0 Å². The number of hydrogen-bond donors (Lipinski definition) is 19. The largest absolute Gasteiger partial charge is 0.432 e. The third-order valence-corrected chi connectivity index (χ3v) is 24.5. The van der Waals surface area contributed by atoms with Gasteiger partial charge in [-0.3, -0.25) is 4.79 Å². The lowest BCUT2D eigenvalue weighted by Gasteiger charge is -2.72. The molecule has 0 aromatic rings. The minimum atomic E-state index is -2.08. The number of fused-ring (bicyclic) bond motifs is 7. The molecule has 37 atom stereocenters. The molecule has 4 saturated carbocycles. The fourth-order valence-electron chi connectivity index (χ4n) is 18.8. The van der Waals surface area contributed by atoms with Crippen molar-refractivity contribution in [3.8, 4) is 0 Å². The average Bonchev–Trinajstić information content (AvgIpc) is 0.845. The standard InChI is InChI=1S/C63H102O32/c1-24-44(91-51-43(80)45(30(70)19-84-51)92-55-48(81)63(83,22-66)23-87-55)39(76)42(79)52(88-24)93-46-34(71)29(69)18-85-54(46)95-56(82)62-12-10-57(2,3)14-26(62)25-8-9-33-58(4)15-28(68)49(59(5,21-65)47(58)27(67)16-61(33,7)60(25,6)11-13-62)94-53-41(78)38(75)36(73)32(90-53)20-86-50-40(77)37(74)35(72)31(17-64)89-50/h8,24,26-55,64-81,83H,9-23H2,1-7H3/t24-,26-,27+,28-,29-,30+,31+,32+,33+,34-,35+,36+,37-,38-,39-,40+,41+,42+,43+,44-,45-,46+,47+,48-,49-,50+,51-,52-,53-,54-,55-,58+,59-,60+,61+,62-,63+/m0/s1. The van der Waals surface area contributed by atoms with Crippen molar-refractivity contribution in [2.24, 2.45) is 50.2 Å². The predicted molar refractivity (Wildman–Crippen MR) is 313 cm³/mol. The fourth-order valence-corrected chi connectivity index (χ4v) is 18.8. The summed E-state index contributed by atoms with van der Waals surface area (Å²) in [5.41, 5.74) is -6.39. The van der Waals surface area contributed by atoms with E-state index in [2.05, 4.69) is 33.8 Å². The van der Waals surface area contributed by atoms with Crippen molar-refractivity contribution in [1.82, 2.24) is 0 Å². The monoisotopic (exact) mass is 1370 g/mol. The Bertz CT molecular complexity index is 2700. The summed E-state index contributed by atoms with van der Waals surface area (Å²) in [6, 6.07) is 0. The second kappa shape index (κ2) is 27.3. The number of allylic oxidation sites excluding steroid dienone is 2. The van der Waals surface area contributed by atoms with E-state index in [1.165, 1.54) is 6.92 Å². The summed E-state index contributed by atoms with van der Waals surface area (Å²) in [5, 5.41) is 210. The SMILES string of the molecule is C[C@@H]1O[C@@H](O[C@H]2[C@H](OC(=O)[C@]34CCC(C)(C)C[C@H]3C3=CC[C@@H]5[C@@]6(C)C[C@H](O)[C@H](O[C@@H]7O[C@H](CO[C@@H]8O[C@H](CO)[C@@H](O)[C@H](O)[C@H]8O)[C@@H](O)[C@H](O)[C@H]7O)[C@@](C)(CO)[C@@H]6[C@H](O)C[C@@]5(C)[C@]3(C)CC4)OC[C@H](O)[C@@H]2O)[C@H](O)[C@H](O)[C@H]1O[C@@H]1OC[C@@H](O)[C@H](O[C@@H]2OC[C@](O)(CO)[C@H]2O)[C@H]1O. The second-order valence-electron chi connectivity index (χ2n) is 30.9. The van der Waals surface area contributed by atoms with E-state index in [1.807, 2.05) is 6.92 Å². The van der Waals surface area contributed by atoms with E-state index >= 15 is 4.79 Å². The van der Waals surface area contributed by atoms with E-state index < -0.39 is 269 Å². The van der Waals surface area contributed by atoms with Crippen LogP contribution in [0.3, 0.4) is 0 Å². The number of carbonyl (C=O) groups is 1. The van der Waals surface area contributed by atoms with E-state index in [4.69, 9.17) is 56.8 Å². The molecule has 0 aromatic carbocycles. The molecule has 0 amide bonds. The van der Waals surface area contributed by atoms with Crippen LogP contribution in [0.4, 0.5) is 0 Å². The van der Waals surface area contributed by atoms with Crippen molar-refractivity contribution in [2.75, 3.05) is 46.2 Å². The number of aliphatic hydroxyl groups excluding tert-OH is 18. The third kappa shape index (κ3) is 12.5. The van der Waals surface area contributed by atoms with Gasteiger partial charge in [0.15, 0.2) is 37.6 Å². The maximum absolute atomic E-state index is 15.5. The Labute approximate surface area is 548 Å². The summed E-state index contributed by atoms with van der Waals surface area (Å²) < 4.78 is 70.3. The van der Waals surface area contributed by atoms with Gasteiger partial charge in [-0.05, 0) is 91.8 Å². The Balaban J connectivity index is 0.784. The lowest BCUT2D eigenvalue weighted by atomic mass is 9.33. The van der Waals surface area contributed by atoms with Crippen molar-refractivity contribution < 1.29 is 159 Å². The molecule has 6 saturated heterocycles. The van der Waals surface area contributed by atoms with Crippen LogP contribution in [0.15, 0.2) is 11.6 Å². The van der Waals surface area contributed by atoms with E-state index in [1.54, 1.807) is 6.92 Å². The van der Waals surface area contributed by atoms with Gasteiger partial charge in [0.1, 0.15) is 109 Å². The summed E-state index contributed by atoms with van der Waals surface area (Å²) >= 11 is 0. The van der Waals surface area contributed by atoms with Crippen LogP contribution in [-0.2, 0) is 61.6 Å². The molecular weight excluding hydrogens is 1270 g/mol. The average molecular weight is 1370 g/mol. The van der Waals surface area contributed by atoms with Crippen molar-refractivity contribution >= 4 is 5.97 Å². The minimum Gasteiger partial charge on any atom is -0.432 e. The van der Waals surface area contributed by atoms with Gasteiger partial charge in [0.2, 0.25) is 6.29 Å². The van der Waals surface area contributed by atoms with Crippen molar-refractivity contribution in [3.63, 3.8) is 0 Å². The molecule has 0 spiro atoms. The second-order valence-corrected chi connectivity index (χ2v) is 30.9. The maximum atomic E-state index is 15.5. The van der Waals surface area contributed by atoms with Crippen LogP contribution >= 0.6 is 0 Å². The molecule has 95 heavy (non-hydrogen) atoms. The van der Waals surface area contributed by atoms with Crippen LogP contribution in [0.25, 0.3) is 0 Å². The zero-order valence-electron chi connectivity index (χ0n) is 54.4. The van der Waals surface area contributed by atoms with E-state index in [-0.39, 0.29) is 30.6 Å². The molecule has 6 aliphatic heterocycles. The van der Waals surface area contributed by atoms with Gasteiger partial charge in [0, 0.05) is 11.3 Å². The molecule has 0 unspecified atom stereocenters. The number of rotatable bonds is 16. The van der Waals surface area contributed by atoms with Crippen LogP contribution in [0.1, 0.15) is 99.8 Å². The van der Waals surface area contributed by atoms with Gasteiger partial charge >= 0.3 is 5.97 Å². The molecule has 10 fully saturated rings.